The van der Waals surface area contributed by atoms with Crippen molar-refractivity contribution >= 4 is 34.9 Å². The lowest BCUT2D eigenvalue weighted by Crippen LogP contribution is -2.35. The Morgan fingerprint density at radius 2 is 2.12 bits per heavy atom. The van der Waals surface area contributed by atoms with Crippen LogP contribution in [0.2, 0.25) is 0 Å². The molecule has 1 aliphatic heterocycles. The number of methoxy groups -OCH3 is 1. The van der Waals surface area contributed by atoms with Gasteiger partial charge in [0.05, 0.1) is 23.6 Å². The highest BCUT2D eigenvalue weighted by Gasteiger charge is 2.39. The molecule has 130 valence electrons. The molecule has 0 radical (unpaired) electrons. The topological polar surface area (TPSA) is 75.7 Å². The molecule has 24 heavy (non-hydrogen) atoms. The molecule has 1 aliphatic carbocycles. The SMILES string of the molecule is Bc1cc2c(c(NS(=O)(=O)CCOC)c1)C(=O)N([C@@H](C)C1CC1)C2. The van der Waals surface area contributed by atoms with Gasteiger partial charge in [0.1, 0.15) is 7.85 Å². The standard InChI is InChI=1S/C16H23BN2O4S/c1-10(11-3-4-11)19-9-12-7-13(17)8-14(15(12)16(19)20)18-24(21,22)6-5-23-2/h7-8,10-11,18H,3-6,9,17H2,1-2H3/t10-/m0/s1. The van der Waals surface area contributed by atoms with E-state index in [0.29, 0.717) is 23.7 Å². The number of benzene rings is 1. The van der Waals surface area contributed by atoms with E-state index in [1.54, 1.807) is 6.07 Å². The molecular weight excluding hydrogens is 327 g/mol. The van der Waals surface area contributed by atoms with Gasteiger partial charge >= 0.3 is 0 Å². The van der Waals surface area contributed by atoms with Gasteiger partial charge in [-0.25, -0.2) is 8.42 Å². The van der Waals surface area contributed by atoms with Crippen LogP contribution in [0.25, 0.3) is 0 Å². The minimum Gasteiger partial charge on any atom is -0.384 e. The fourth-order valence-electron chi connectivity index (χ4n) is 3.29. The number of rotatable bonds is 7. The first-order valence-electron chi connectivity index (χ1n) is 8.26. The van der Waals surface area contributed by atoms with Gasteiger partial charge in [0.2, 0.25) is 10.0 Å². The van der Waals surface area contributed by atoms with Crippen LogP contribution in [0.5, 0.6) is 0 Å². The first kappa shape index (κ1) is 17.3. The van der Waals surface area contributed by atoms with Crippen molar-refractivity contribution in [1.29, 1.82) is 0 Å². The zero-order chi connectivity index (χ0) is 17.5. The summed E-state index contributed by atoms with van der Waals surface area (Å²) >= 11 is 0. The molecule has 0 spiro atoms. The molecule has 0 bridgehead atoms. The Balaban J connectivity index is 1.90. The van der Waals surface area contributed by atoms with E-state index in [4.69, 9.17) is 4.74 Å². The molecule has 8 heteroatoms. The van der Waals surface area contributed by atoms with Gasteiger partial charge in [0.25, 0.3) is 5.91 Å². The zero-order valence-corrected chi connectivity index (χ0v) is 15.1. The van der Waals surface area contributed by atoms with E-state index in [1.807, 2.05) is 18.8 Å². The summed E-state index contributed by atoms with van der Waals surface area (Å²) in [6.45, 7) is 2.75. The Kier molecular flexibility index (Phi) is 4.61. The number of sulfonamides is 1. The van der Waals surface area contributed by atoms with Gasteiger partial charge in [-0.05, 0) is 37.3 Å². The van der Waals surface area contributed by atoms with Crippen molar-refractivity contribution < 1.29 is 17.9 Å². The van der Waals surface area contributed by atoms with Crippen molar-refractivity contribution in [3.63, 3.8) is 0 Å². The number of nitrogens with zero attached hydrogens (tertiary/aromatic N) is 1. The van der Waals surface area contributed by atoms with Gasteiger partial charge in [-0.2, -0.15) is 0 Å². The lowest BCUT2D eigenvalue weighted by Gasteiger charge is -2.24. The monoisotopic (exact) mass is 350 g/mol. The molecule has 0 aromatic heterocycles. The molecule has 1 aromatic carbocycles. The van der Waals surface area contributed by atoms with E-state index in [2.05, 4.69) is 11.6 Å². The van der Waals surface area contributed by atoms with E-state index >= 15 is 0 Å². The molecule has 1 amide bonds. The average Bonchev–Trinajstić information content (AvgIpc) is 3.29. The highest BCUT2D eigenvalue weighted by molar-refractivity contribution is 7.92. The van der Waals surface area contributed by atoms with Crippen LogP contribution in [0, 0.1) is 5.92 Å². The predicted molar refractivity (Wildman–Crippen MR) is 96.0 cm³/mol. The second-order valence-corrected chi connectivity index (χ2v) is 8.61. The van der Waals surface area contributed by atoms with E-state index in [1.165, 1.54) is 7.11 Å². The number of ether oxygens (including phenoxy) is 1. The minimum absolute atomic E-state index is 0.0751. The van der Waals surface area contributed by atoms with Crippen molar-refractivity contribution in [1.82, 2.24) is 4.90 Å². The molecule has 1 N–H and O–H groups in total. The molecule has 1 heterocycles. The maximum Gasteiger partial charge on any atom is 0.256 e. The lowest BCUT2D eigenvalue weighted by molar-refractivity contribution is 0.0698. The molecule has 2 aliphatic rings. The van der Waals surface area contributed by atoms with Crippen molar-refractivity contribution in [3.8, 4) is 0 Å². The third-order valence-electron chi connectivity index (χ3n) is 4.80. The Morgan fingerprint density at radius 3 is 2.75 bits per heavy atom. The summed E-state index contributed by atoms with van der Waals surface area (Å²) < 4.78 is 31.8. The number of fused-ring (bicyclic) bond motifs is 1. The summed E-state index contributed by atoms with van der Waals surface area (Å²) in [6.07, 6.45) is 2.33. The molecule has 1 atom stereocenters. The van der Waals surface area contributed by atoms with Crippen molar-refractivity contribution in [2.45, 2.75) is 32.4 Å². The van der Waals surface area contributed by atoms with Crippen molar-refractivity contribution in [3.05, 3.63) is 23.3 Å². The van der Waals surface area contributed by atoms with E-state index in [0.717, 1.165) is 23.9 Å². The average molecular weight is 350 g/mol. The first-order valence-corrected chi connectivity index (χ1v) is 9.91. The summed E-state index contributed by atoms with van der Waals surface area (Å²) in [5, 5.41) is 0. The van der Waals surface area contributed by atoms with Gasteiger partial charge in [0.15, 0.2) is 0 Å². The second kappa shape index (κ2) is 6.40. The summed E-state index contributed by atoms with van der Waals surface area (Å²) in [4.78, 5) is 14.7. The van der Waals surface area contributed by atoms with E-state index in [9.17, 15) is 13.2 Å². The Bertz CT molecular complexity index is 762. The molecule has 6 nitrogen and oxygen atoms in total. The number of amides is 1. The van der Waals surface area contributed by atoms with Gasteiger partial charge in [-0.1, -0.05) is 11.5 Å². The van der Waals surface area contributed by atoms with Gasteiger partial charge in [-0.15, -0.1) is 0 Å². The van der Waals surface area contributed by atoms with Gasteiger partial charge in [0, 0.05) is 19.7 Å². The highest BCUT2D eigenvalue weighted by atomic mass is 32.2. The van der Waals surface area contributed by atoms with Crippen LogP contribution >= 0.6 is 0 Å². The molecule has 3 rings (SSSR count). The molecular formula is C16H23BN2O4S. The second-order valence-electron chi connectivity index (χ2n) is 6.77. The number of hydrogen-bond acceptors (Lipinski definition) is 4. The Labute approximate surface area is 144 Å². The number of carbonyl (C=O) groups excluding carboxylic acids is 1. The van der Waals surface area contributed by atoms with Gasteiger partial charge < -0.3 is 9.64 Å². The maximum absolute atomic E-state index is 12.9. The summed E-state index contributed by atoms with van der Waals surface area (Å²) in [6, 6.07) is 3.90. The van der Waals surface area contributed by atoms with Crippen molar-refractivity contribution in [2.75, 3.05) is 24.2 Å². The van der Waals surface area contributed by atoms with E-state index in [-0.39, 0.29) is 24.3 Å². The first-order chi connectivity index (χ1) is 11.3. The fourth-order valence-corrected chi connectivity index (χ4v) is 4.28. The molecule has 1 saturated carbocycles. The van der Waals surface area contributed by atoms with Gasteiger partial charge in [-0.3, -0.25) is 9.52 Å². The lowest BCUT2D eigenvalue weighted by atomic mass is 9.91. The molecule has 1 fully saturated rings. The van der Waals surface area contributed by atoms with Crippen LogP contribution in [0.1, 0.15) is 35.7 Å². The third kappa shape index (κ3) is 3.44. The molecule has 0 unspecified atom stereocenters. The summed E-state index contributed by atoms with van der Waals surface area (Å²) in [5.41, 5.74) is 2.72. The van der Waals surface area contributed by atoms with Crippen LogP contribution in [0.15, 0.2) is 12.1 Å². The zero-order valence-electron chi connectivity index (χ0n) is 14.3. The van der Waals surface area contributed by atoms with E-state index < -0.39 is 10.0 Å². The number of anilines is 1. The summed E-state index contributed by atoms with van der Waals surface area (Å²) in [5.74, 6) is 0.364. The maximum atomic E-state index is 12.9. The smallest absolute Gasteiger partial charge is 0.256 e. The van der Waals surface area contributed by atoms with Crippen LogP contribution in [-0.2, 0) is 21.3 Å². The van der Waals surface area contributed by atoms with Crippen LogP contribution in [0.3, 0.4) is 0 Å². The quantitative estimate of drug-likeness (QED) is 0.707. The Hall–Kier alpha value is -1.54. The molecule has 0 saturated heterocycles. The van der Waals surface area contributed by atoms with Crippen LogP contribution in [-0.4, -0.2) is 52.6 Å². The Morgan fingerprint density at radius 1 is 1.42 bits per heavy atom. The number of nitrogens with one attached hydrogen (secondary N) is 1. The molecule has 1 aromatic rings. The van der Waals surface area contributed by atoms with Crippen molar-refractivity contribution in [2.24, 2.45) is 5.92 Å². The van der Waals surface area contributed by atoms with Crippen LogP contribution < -0.4 is 10.2 Å². The minimum atomic E-state index is -3.55. The summed E-state index contributed by atoms with van der Waals surface area (Å²) in [7, 11) is -0.180. The normalized spacial score (nSPS) is 18.6. The van der Waals surface area contributed by atoms with Crippen LogP contribution in [0.4, 0.5) is 5.69 Å². The largest absolute Gasteiger partial charge is 0.384 e. The highest BCUT2D eigenvalue weighted by Crippen LogP contribution is 2.39. The number of hydrogen-bond donors (Lipinski definition) is 1. The predicted octanol–water partition coefficient (Wildman–Crippen LogP) is 0.0874. The number of carbonyl (C=O) groups is 1. The third-order valence-corrected chi connectivity index (χ3v) is 6.03. The fraction of sp³-hybridized carbons (Fsp3) is 0.562.